The van der Waals surface area contributed by atoms with Gasteiger partial charge in [0.1, 0.15) is 5.75 Å². The van der Waals surface area contributed by atoms with Crippen LogP contribution in [0.4, 0.5) is 0 Å². The molecule has 1 saturated heterocycles. The van der Waals surface area contributed by atoms with Gasteiger partial charge in [-0.2, -0.15) is 0 Å². The average molecular weight is 279 g/mol. The Bertz CT molecular complexity index is 473. The highest BCUT2D eigenvalue weighted by atomic mass is 16.5. The molecule has 5 heteroatoms. The third-order valence-electron chi connectivity index (χ3n) is 4.29. The van der Waals surface area contributed by atoms with Crippen molar-refractivity contribution in [3.05, 3.63) is 29.8 Å². The molecule has 1 fully saturated rings. The van der Waals surface area contributed by atoms with E-state index in [9.17, 15) is 9.90 Å². The van der Waals surface area contributed by atoms with Gasteiger partial charge in [-0.1, -0.05) is 19.1 Å². The lowest BCUT2D eigenvalue weighted by atomic mass is 9.77. The van der Waals surface area contributed by atoms with Gasteiger partial charge >= 0.3 is 5.97 Å². The van der Waals surface area contributed by atoms with Crippen LogP contribution < -0.4 is 5.32 Å². The van der Waals surface area contributed by atoms with Gasteiger partial charge in [-0.25, -0.2) is 0 Å². The molecule has 5 nitrogen and oxygen atoms in total. The number of ether oxygens (including phenoxy) is 2. The Balaban J connectivity index is 2.39. The summed E-state index contributed by atoms with van der Waals surface area (Å²) in [6.45, 7) is 2.74. The van der Waals surface area contributed by atoms with Gasteiger partial charge in [0.15, 0.2) is 0 Å². The van der Waals surface area contributed by atoms with Crippen molar-refractivity contribution < 1.29 is 19.4 Å². The number of esters is 1. The topological polar surface area (TPSA) is 67.8 Å². The standard InChI is InChI=1S/C15H21NO4/c1-10-13(19-2)9-16-15(10,8-14(18)20-3)11-4-6-12(17)7-5-11/h4-7,10,13,16-17H,8-9H2,1-3H3/t10-,13+,15+/m1/s1. The van der Waals surface area contributed by atoms with Crippen LogP contribution in [-0.2, 0) is 19.8 Å². The van der Waals surface area contributed by atoms with Gasteiger partial charge in [0.2, 0.25) is 0 Å². The number of benzene rings is 1. The van der Waals surface area contributed by atoms with Crippen molar-refractivity contribution in [2.75, 3.05) is 20.8 Å². The fourth-order valence-electron chi connectivity index (χ4n) is 2.97. The van der Waals surface area contributed by atoms with Crippen molar-refractivity contribution in [1.82, 2.24) is 5.32 Å². The molecular formula is C15H21NO4. The van der Waals surface area contributed by atoms with Crippen molar-refractivity contribution in [3.8, 4) is 5.75 Å². The molecule has 3 atom stereocenters. The Hall–Kier alpha value is -1.59. The summed E-state index contributed by atoms with van der Waals surface area (Å²) in [7, 11) is 3.06. The van der Waals surface area contributed by atoms with Crippen molar-refractivity contribution in [3.63, 3.8) is 0 Å². The quantitative estimate of drug-likeness (QED) is 0.816. The summed E-state index contributed by atoms with van der Waals surface area (Å²) in [4.78, 5) is 11.8. The molecule has 0 radical (unpaired) electrons. The van der Waals surface area contributed by atoms with E-state index in [0.717, 1.165) is 5.56 Å². The molecule has 0 spiro atoms. The zero-order chi connectivity index (χ0) is 14.8. The molecule has 0 amide bonds. The molecule has 2 rings (SSSR count). The normalized spacial score (nSPS) is 29.4. The van der Waals surface area contributed by atoms with Gasteiger partial charge in [0.25, 0.3) is 0 Å². The lowest BCUT2D eigenvalue weighted by molar-refractivity contribution is -0.143. The Morgan fingerprint density at radius 2 is 2.05 bits per heavy atom. The monoisotopic (exact) mass is 279 g/mol. The Morgan fingerprint density at radius 3 is 2.55 bits per heavy atom. The molecule has 0 aliphatic carbocycles. The molecule has 0 bridgehead atoms. The lowest BCUT2D eigenvalue weighted by Gasteiger charge is -2.34. The first-order valence-electron chi connectivity index (χ1n) is 6.67. The highest BCUT2D eigenvalue weighted by Gasteiger charge is 2.48. The number of carbonyl (C=O) groups is 1. The van der Waals surface area contributed by atoms with Crippen molar-refractivity contribution in [1.29, 1.82) is 0 Å². The zero-order valence-corrected chi connectivity index (χ0v) is 12.1. The van der Waals surface area contributed by atoms with E-state index in [1.54, 1.807) is 19.2 Å². The van der Waals surface area contributed by atoms with Crippen LogP contribution in [0.5, 0.6) is 5.75 Å². The minimum atomic E-state index is -0.526. The third kappa shape index (κ3) is 2.51. The first-order chi connectivity index (χ1) is 9.53. The molecule has 110 valence electrons. The molecule has 0 aromatic heterocycles. The average Bonchev–Trinajstić information content (AvgIpc) is 2.77. The predicted molar refractivity (Wildman–Crippen MR) is 74.4 cm³/mol. The number of aromatic hydroxyl groups is 1. The van der Waals surface area contributed by atoms with Gasteiger partial charge in [-0.05, 0) is 17.7 Å². The van der Waals surface area contributed by atoms with Crippen LogP contribution in [0.2, 0.25) is 0 Å². The summed E-state index contributed by atoms with van der Waals surface area (Å²) in [6, 6.07) is 6.92. The molecule has 1 aliphatic heterocycles. The number of phenols is 1. The summed E-state index contributed by atoms with van der Waals surface area (Å²) in [5, 5.41) is 12.9. The van der Waals surface area contributed by atoms with Crippen LogP contribution in [0.1, 0.15) is 18.9 Å². The zero-order valence-electron chi connectivity index (χ0n) is 12.1. The number of hydrogen-bond donors (Lipinski definition) is 2. The maximum Gasteiger partial charge on any atom is 0.307 e. The van der Waals surface area contributed by atoms with Crippen molar-refractivity contribution >= 4 is 5.97 Å². The smallest absolute Gasteiger partial charge is 0.307 e. The number of phenolic OH excluding ortho intramolecular Hbond substituents is 1. The Kier molecular flexibility index (Phi) is 4.30. The molecule has 20 heavy (non-hydrogen) atoms. The predicted octanol–water partition coefficient (Wildman–Crippen LogP) is 1.40. The molecule has 0 unspecified atom stereocenters. The largest absolute Gasteiger partial charge is 0.508 e. The first-order valence-corrected chi connectivity index (χ1v) is 6.67. The SMILES string of the molecule is COC(=O)C[C@]1(c2ccc(O)cc2)NC[C@H](OC)[C@H]1C. The van der Waals surface area contributed by atoms with Crippen LogP contribution in [0.15, 0.2) is 24.3 Å². The van der Waals surface area contributed by atoms with Gasteiger partial charge in [-0.3, -0.25) is 4.79 Å². The second kappa shape index (κ2) is 5.81. The van der Waals surface area contributed by atoms with E-state index in [-0.39, 0.29) is 30.2 Å². The van der Waals surface area contributed by atoms with Crippen LogP contribution in [0, 0.1) is 5.92 Å². The maximum absolute atomic E-state index is 11.8. The number of nitrogens with one attached hydrogen (secondary N) is 1. The van der Waals surface area contributed by atoms with Crippen LogP contribution >= 0.6 is 0 Å². The number of methoxy groups -OCH3 is 2. The summed E-state index contributed by atoms with van der Waals surface area (Å²) in [6.07, 6.45) is 0.267. The second-order valence-corrected chi connectivity index (χ2v) is 5.21. The molecular weight excluding hydrogens is 258 g/mol. The summed E-state index contributed by atoms with van der Waals surface area (Å²) in [5.74, 6) is 0.0428. The second-order valence-electron chi connectivity index (χ2n) is 5.21. The van der Waals surface area contributed by atoms with Crippen LogP contribution in [0.3, 0.4) is 0 Å². The van der Waals surface area contributed by atoms with E-state index >= 15 is 0 Å². The fourth-order valence-corrected chi connectivity index (χ4v) is 2.97. The fraction of sp³-hybridized carbons (Fsp3) is 0.533. The Morgan fingerprint density at radius 1 is 1.40 bits per heavy atom. The van der Waals surface area contributed by atoms with Gasteiger partial charge in [0.05, 0.1) is 25.2 Å². The number of carbonyl (C=O) groups excluding carboxylic acids is 1. The first kappa shape index (κ1) is 14.8. The highest BCUT2D eigenvalue weighted by Crippen LogP contribution is 2.40. The van der Waals surface area contributed by atoms with Gasteiger partial charge < -0.3 is 19.9 Å². The number of rotatable bonds is 4. The summed E-state index contributed by atoms with van der Waals surface area (Å²) < 4.78 is 10.3. The van der Waals surface area contributed by atoms with Crippen molar-refractivity contribution in [2.24, 2.45) is 5.92 Å². The molecule has 0 saturated carbocycles. The molecule has 1 aliphatic rings. The van der Waals surface area contributed by atoms with E-state index in [1.165, 1.54) is 7.11 Å². The van der Waals surface area contributed by atoms with Gasteiger partial charge in [0, 0.05) is 19.6 Å². The minimum absolute atomic E-state index is 0.0356. The number of hydrogen-bond acceptors (Lipinski definition) is 5. The Labute approximate surface area is 118 Å². The van der Waals surface area contributed by atoms with Crippen LogP contribution in [-0.4, -0.2) is 37.9 Å². The van der Waals surface area contributed by atoms with E-state index in [2.05, 4.69) is 12.2 Å². The van der Waals surface area contributed by atoms with E-state index in [1.807, 2.05) is 12.1 Å². The van der Waals surface area contributed by atoms with E-state index in [4.69, 9.17) is 9.47 Å². The summed E-state index contributed by atoms with van der Waals surface area (Å²) >= 11 is 0. The summed E-state index contributed by atoms with van der Waals surface area (Å²) in [5.41, 5.74) is 0.425. The van der Waals surface area contributed by atoms with Crippen molar-refractivity contribution in [2.45, 2.75) is 25.0 Å². The van der Waals surface area contributed by atoms with Crippen LogP contribution in [0.25, 0.3) is 0 Å². The molecule has 1 aromatic rings. The highest BCUT2D eigenvalue weighted by molar-refractivity contribution is 5.71. The molecule has 1 aromatic carbocycles. The van der Waals surface area contributed by atoms with Gasteiger partial charge in [-0.15, -0.1) is 0 Å². The minimum Gasteiger partial charge on any atom is -0.508 e. The lowest BCUT2D eigenvalue weighted by Crippen LogP contribution is -2.43. The molecule has 2 N–H and O–H groups in total. The maximum atomic E-state index is 11.8. The van der Waals surface area contributed by atoms with E-state index < -0.39 is 5.54 Å². The van der Waals surface area contributed by atoms with E-state index in [0.29, 0.717) is 6.54 Å². The molecule has 1 heterocycles. The third-order valence-corrected chi connectivity index (χ3v) is 4.29.